The molecule has 0 amide bonds. The van der Waals surface area contributed by atoms with E-state index >= 15 is 0 Å². The fourth-order valence-corrected chi connectivity index (χ4v) is 0.385. The third-order valence-electron chi connectivity index (χ3n) is 0.667. The topological polar surface area (TPSA) is 0 Å². The van der Waals surface area contributed by atoms with Crippen molar-refractivity contribution in [2.24, 2.45) is 0 Å². The molecular weight excluding hydrogens is 126 g/mol. The summed E-state index contributed by atoms with van der Waals surface area (Å²) >= 11 is 0. The second kappa shape index (κ2) is 7.65. The van der Waals surface area contributed by atoms with E-state index in [2.05, 4.69) is 0 Å². The van der Waals surface area contributed by atoms with Gasteiger partial charge in [0.1, 0.15) is 0 Å². The predicted molar refractivity (Wildman–Crippen MR) is 36.2 cm³/mol. The third kappa shape index (κ3) is 4.80. The summed E-state index contributed by atoms with van der Waals surface area (Å²) in [5.74, 6) is 0. The Morgan fingerprint density at radius 3 is 0.750 bits per heavy atom. The van der Waals surface area contributed by atoms with Gasteiger partial charge in [-0.1, -0.05) is 36.4 Å². The van der Waals surface area contributed by atoms with Crippen molar-refractivity contribution in [2.45, 2.75) is 0 Å². The van der Waals surface area contributed by atoms with Crippen LogP contribution in [0, 0.1) is 0 Å². The zero-order valence-corrected chi connectivity index (χ0v) is 8.20. The van der Waals surface area contributed by atoms with Crippen LogP contribution in [0.2, 0.25) is 0 Å². The predicted octanol–water partition coefficient (Wildman–Crippen LogP) is -0.984. The van der Waals surface area contributed by atoms with E-state index in [1.807, 2.05) is 36.4 Å². The van der Waals surface area contributed by atoms with Gasteiger partial charge in [-0.25, -0.2) is 0 Å². The average molecular weight is 134 g/mol. The largest absolute Gasteiger partial charge is 1.00 e. The first-order chi connectivity index (χ1) is 3.00. The van der Waals surface area contributed by atoms with Gasteiger partial charge in [0, 0.05) is 0 Å². The fourth-order valence-electron chi connectivity index (χ4n) is 0.385. The molecule has 1 aromatic carbocycles. The summed E-state index contributed by atoms with van der Waals surface area (Å²) in [6, 6.07) is 12.0. The molecule has 0 radical (unpaired) electrons. The van der Waals surface area contributed by atoms with E-state index in [1.165, 1.54) is 0 Å². The summed E-state index contributed by atoms with van der Waals surface area (Å²) in [5.41, 5.74) is 0. The quantitative estimate of drug-likeness (QED) is 0.316. The minimum Gasteiger partial charge on any atom is -0.577 e. The van der Waals surface area contributed by atoms with E-state index in [0.29, 0.717) is 0 Å². The summed E-state index contributed by atoms with van der Waals surface area (Å²) in [6.45, 7) is 0. The molecular formula is C6H8NaP. The van der Waals surface area contributed by atoms with Gasteiger partial charge in [0.2, 0.25) is 0 Å². The Bertz CT molecular complexity index is 80.5. The van der Waals surface area contributed by atoms with Crippen LogP contribution in [0.5, 0.6) is 0 Å². The van der Waals surface area contributed by atoms with E-state index in [9.17, 15) is 0 Å². The molecule has 2 heteroatoms. The van der Waals surface area contributed by atoms with Gasteiger partial charge in [-0.3, -0.25) is 0 Å². The number of rotatable bonds is 0. The molecule has 0 saturated heterocycles. The van der Waals surface area contributed by atoms with Crippen molar-refractivity contribution in [3.05, 3.63) is 36.4 Å². The molecule has 0 heterocycles. The van der Waals surface area contributed by atoms with Crippen molar-refractivity contribution in [2.75, 3.05) is 0 Å². The maximum atomic E-state index is 2.00. The Labute approximate surface area is 75.6 Å². The second-order valence-electron chi connectivity index (χ2n) is 1.15. The summed E-state index contributed by atoms with van der Waals surface area (Å²) in [6.07, 6.45) is 0. The maximum absolute atomic E-state index is 2.00. The smallest absolute Gasteiger partial charge is 0.577 e. The van der Waals surface area contributed by atoms with Gasteiger partial charge in [-0.2, -0.15) is 0 Å². The molecule has 1 rings (SSSR count). The van der Waals surface area contributed by atoms with Gasteiger partial charge >= 0.3 is 29.6 Å². The van der Waals surface area contributed by atoms with Crippen LogP contribution >= 0.6 is 9.90 Å². The third-order valence-corrected chi connectivity index (χ3v) is 0.667. The molecule has 0 saturated carbocycles. The molecule has 0 unspecified atom stereocenters. The summed E-state index contributed by atoms with van der Waals surface area (Å²) in [4.78, 5) is 0. The molecule has 0 N–H and O–H groups in total. The first kappa shape index (κ1) is 11.4. The molecule has 0 aliphatic heterocycles. The van der Waals surface area contributed by atoms with Crippen molar-refractivity contribution in [1.29, 1.82) is 0 Å². The molecule has 1 aromatic rings. The first-order valence-corrected chi connectivity index (χ1v) is 2.00. The van der Waals surface area contributed by atoms with Gasteiger partial charge in [0.15, 0.2) is 0 Å². The zero-order valence-electron chi connectivity index (χ0n) is 5.04. The van der Waals surface area contributed by atoms with Gasteiger partial charge in [-0.05, 0) is 0 Å². The maximum Gasteiger partial charge on any atom is 1.00 e. The van der Waals surface area contributed by atoms with E-state index in [1.54, 1.807) is 0 Å². The molecule has 0 bridgehead atoms. The summed E-state index contributed by atoms with van der Waals surface area (Å²) in [5, 5.41) is 0. The Balaban J connectivity index is 0. The van der Waals surface area contributed by atoms with Crippen molar-refractivity contribution in [3.8, 4) is 0 Å². The van der Waals surface area contributed by atoms with E-state index in [0.717, 1.165) is 0 Å². The minimum atomic E-state index is 0. The van der Waals surface area contributed by atoms with Crippen LogP contribution in [0.25, 0.3) is 0 Å². The van der Waals surface area contributed by atoms with E-state index in [-0.39, 0.29) is 39.5 Å². The van der Waals surface area contributed by atoms with Crippen molar-refractivity contribution in [3.63, 3.8) is 0 Å². The van der Waals surface area contributed by atoms with Crippen molar-refractivity contribution >= 4 is 9.90 Å². The average Bonchev–Trinajstić information content (AvgIpc) is 1.72. The monoisotopic (exact) mass is 134 g/mol. The van der Waals surface area contributed by atoms with Crippen LogP contribution in [0.1, 0.15) is 0 Å². The summed E-state index contributed by atoms with van der Waals surface area (Å²) in [7, 11) is 0. The Hall–Kier alpha value is 0.650. The zero-order chi connectivity index (χ0) is 4.24. The van der Waals surface area contributed by atoms with Gasteiger partial charge in [-0.15, -0.1) is 0 Å². The van der Waals surface area contributed by atoms with E-state index in [4.69, 9.17) is 0 Å². The molecule has 8 heavy (non-hydrogen) atoms. The number of hydrogen-bond donors (Lipinski definition) is 0. The number of benzene rings is 1. The molecule has 0 fully saturated rings. The molecule has 0 aromatic heterocycles. The molecule has 0 nitrogen and oxygen atoms in total. The number of hydrogen-bond acceptors (Lipinski definition) is 0. The van der Waals surface area contributed by atoms with Gasteiger partial charge in [0.05, 0.1) is 0 Å². The standard InChI is InChI=1S/C6H6.Na.H2P/c1-2-4-6-5-3-1;;/h1-6H;;1H2/q;+1;-1. The Morgan fingerprint density at radius 2 is 0.625 bits per heavy atom. The molecule has 0 aliphatic rings. The first-order valence-electron chi connectivity index (χ1n) is 2.00. The van der Waals surface area contributed by atoms with Gasteiger partial charge < -0.3 is 9.90 Å². The normalized spacial score (nSPS) is 6.00. The Kier molecular flexibility index (Phi) is 10.9. The van der Waals surface area contributed by atoms with Crippen LogP contribution in [-0.2, 0) is 0 Å². The Morgan fingerprint density at radius 1 is 0.500 bits per heavy atom. The molecule has 38 valence electrons. The van der Waals surface area contributed by atoms with Crippen molar-refractivity contribution < 1.29 is 29.6 Å². The van der Waals surface area contributed by atoms with Crippen LogP contribution in [0.4, 0.5) is 0 Å². The van der Waals surface area contributed by atoms with Crippen molar-refractivity contribution in [1.82, 2.24) is 0 Å². The van der Waals surface area contributed by atoms with Crippen LogP contribution < -0.4 is 29.6 Å². The van der Waals surface area contributed by atoms with Gasteiger partial charge in [0.25, 0.3) is 0 Å². The fraction of sp³-hybridized carbons (Fsp3) is 0. The van der Waals surface area contributed by atoms with Crippen LogP contribution in [0.15, 0.2) is 36.4 Å². The van der Waals surface area contributed by atoms with Crippen LogP contribution in [-0.4, -0.2) is 0 Å². The summed E-state index contributed by atoms with van der Waals surface area (Å²) < 4.78 is 0. The minimum absolute atomic E-state index is 0. The van der Waals surface area contributed by atoms with Crippen LogP contribution in [0.3, 0.4) is 0 Å². The molecule has 0 spiro atoms. The van der Waals surface area contributed by atoms with E-state index < -0.39 is 0 Å². The molecule has 0 atom stereocenters. The second-order valence-corrected chi connectivity index (χ2v) is 1.15. The molecule has 0 aliphatic carbocycles. The SMILES string of the molecule is [Na+].[PH2-].c1ccccc1.